The Hall–Kier alpha value is -2.97. The molecule has 0 saturated heterocycles. The third-order valence-corrected chi connectivity index (χ3v) is 17.0. The van der Waals surface area contributed by atoms with Gasteiger partial charge in [-0.05, 0) is 135 Å². The Morgan fingerprint density at radius 3 is 2.25 bits per heavy atom. The van der Waals surface area contributed by atoms with Crippen molar-refractivity contribution >= 4 is 35.2 Å². The number of aliphatic carboxylic acids is 1. The van der Waals surface area contributed by atoms with Crippen molar-refractivity contribution in [2.24, 2.45) is 56.0 Å². The number of allylic oxidation sites excluding steroid dienone is 3. The fraction of sp³-hybridized carbons (Fsp3) is 0.696. The lowest BCUT2D eigenvalue weighted by Gasteiger charge is -2.75. The summed E-state index contributed by atoms with van der Waals surface area (Å²) in [6.07, 6.45) is 10.4. The SMILES string of the molecule is CC(C)C1=C2[C@H]3CC[C@@H]4[C@@]5(C)CC[C@H](OC(=O)CC(C)(C)C(=O)O)C(C)(C)[C@]5(N)CC[C@@]4(C)[C@]3(C)CC[C@@]2(/C=C/C(=O)N[C@H](C)c2ccccc2Cl)CC1=O. The maximum atomic E-state index is 14.1. The van der Waals surface area contributed by atoms with Crippen LogP contribution in [0.15, 0.2) is 47.6 Å². The highest BCUT2D eigenvalue weighted by atomic mass is 35.5. The van der Waals surface area contributed by atoms with Gasteiger partial charge in [-0.1, -0.05) is 84.3 Å². The second kappa shape index (κ2) is 13.9. The third-order valence-electron chi connectivity index (χ3n) is 16.6. The van der Waals surface area contributed by atoms with Crippen LogP contribution < -0.4 is 11.1 Å². The number of esters is 1. The molecule has 0 aliphatic heterocycles. The minimum Gasteiger partial charge on any atom is -0.481 e. The summed E-state index contributed by atoms with van der Waals surface area (Å²) in [7, 11) is 0. The van der Waals surface area contributed by atoms with Gasteiger partial charge < -0.3 is 20.9 Å². The average molecular weight is 777 g/mol. The van der Waals surface area contributed by atoms with E-state index in [0.29, 0.717) is 23.8 Å². The lowest BCUT2D eigenvalue weighted by atomic mass is 9.31. The summed E-state index contributed by atoms with van der Waals surface area (Å²) in [5.74, 6) is -0.873. The summed E-state index contributed by atoms with van der Waals surface area (Å²) in [6.45, 7) is 21.0. The smallest absolute Gasteiger partial charge is 0.309 e. The molecule has 6 rings (SSSR count). The molecule has 8 nitrogen and oxygen atoms in total. The molecule has 0 bridgehead atoms. The van der Waals surface area contributed by atoms with Gasteiger partial charge in [-0.25, -0.2) is 0 Å². The second-order valence-electron chi connectivity index (χ2n) is 20.3. The molecular formula is C46H65ClN2O6. The maximum absolute atomic E-state index is 14.1. The molecule has 302 valence electrons. The number of hydrogen-bond donors (Lipinski definition) is 3. The number of nitrogens with one attached hydrogen (secondary N) is 1. The number of carboxylic acids is 1. The maximum Gasteiger partial charge on any atom is 0.309 e. The Bertz CT molecular complexity index is 1830. The van der Waals surface area contributed by atoms with Crippen molar-refractivity contribution in [3.05, 3.63) is 58.1 Å². The van der Waals surface area contributed by atoms with Gasteiger partial charge in [-0.3, -0.25) is 19.2 Å². The van der Waals surface area contributed by atoms with Gasteiger partial charge in [0, 0.05) is 27.8 Å². The molecule has 0 unspecified atom stereocenters. The summed E-state index contributed by atoms with van der Waals surface area (Å²) in [4.78, 5) is 52.5. The molecule has 9 atom stereocenters. The quantitative estimate of drug-likeness (QED) is 0.168. The van der Waals surface area contributed by atoms with E-state index in [0.717, 1.165) is 56.1 Å². The van der Waals surface area contributed by atoms with Crippen LogP contribution in [-0.2, 0) is 23.9 Å². The van der Waals surface area contributed by atoms with Crippen molar-refractivity contribution in [1.29, 1.82) is 0 Å². The molecule has 4 N–H and O–H groups in total. The van der Waals surface area contributed by atoms with Crippen LogP contribution in [0.3, 0.4) is 0 Å². The molecular weight excluding hydrogens is 712 g/mol. The summed E-state index contributed by atoms with van der Waals surface area (Å²) in [5.41, 5.74) is 7.62. The Labute approximate surface area is 333 Å². The fourth-order valence-electron chi connectivity index (χ4n) is 13.0. The number of hydrogen-bond acceptors (Lipinski definition) is 6. The molecule has 0 aromatic heterocycles. The van der Waals surface area contributed by atoms with Crippen molar-refractivity contribution in [3.63, 3.8) is 0 Å². The number of carbonyl (C=O) groups is 4. The second-order valence-corrected chi connectivity index (χ2v) is 20.7. The Morgan fingerprint density at radius 1 is 0.964 bits per heavy atom. The number of ketones is 1. The number of ether oxygens (including phenoxy) is 1. The number of rotatable bonds is 9. The van der Waals surface area contributed by atoms with Crippen LogP contribution >= 0.6 is 11.6 Å². The van der Waals surface area contributed by atoms with E-state index in [-0.39, 0.29) is 52.2 Å². The summed E-state index contributed by atoms with van der Waals surface area (Å²) < 4.78 is 6.15. The number of nitrogens with two attached hydrogens (primary N) is 1. The minimum atomic E-state index is -1.21. The van der Waals surface area contributed by atoms with Gasteiger partial charge in [-0.2, -0.15) is 0 Å². The molecule has 0 heterocycles. The van der Waals surface area contributed by atoms with Crippen molar-refractivity contribution in [3.8, 4) is 0 Å². The lowest BCUT2D eigenvalue weighted by molar-refractivity contribution is -0.241. The molecule has 1 amide bonds. The van der Waals surface area contributed by atoms with Crippen LogP contribution in [0.2, 0.25) is 5.02 Å². The van der Waals surface area contributed by atoms with E-state index in [4.69, 9.17) is 22.1 Å². The van der Waals surface area contributed by atoms with E-state index in [1.165, 1.54) is 5.57 Å². The van der Waals surface area contributed by atoms with E-state index < -0.39 is 39.8 Å². The van der Waals surface area contributed by atoms with Gasteiger partial charge >= 0.3 is 11.9 Å². The van der Waals surface area contributed by atoms with Gasteiger partial charge in [0.1, 0.15) is 6.10 Å². The number of carboxylic acid groups (broad SMARTS) is 1. The van der Waals surface area contributed by atoms with E-state index in [9.17, 15) is 24.3 Å². The van der Waals surface area contributed by atoms with Crippen molar-refractivity contribution < 1.29 is 29.0 Å². The van der Waals surface area contributed by atoms with Crippen molar-refractivity contribution in [2.75, 3.05) is 0 Å². The highest BCUT2D eigenvalue weighted by Gasteiger charge is 2.73. The highest BCUT2D eigenvalue weighted by molar-refractivity contribution is 6.31. The molecule has 4 saturated carbocycles. The lowest BCUT2D eigenvalue weighted by Crippen LogP contribution is -2.77. The monoisotopic (exact) mass is 776 g/mol. The Kier molecular flexibility index (Phi) is 10.5. The zero-order chi connectivity index (χ0) is 40.7. The van der Waals surface area contributed by atoms with Crippen LogP contribution in [0, 0.1) is 50.2 Å². The van der Waals surface area contributed by atoms with Crippen molar-refractivity contribution in [2.45, 2.75) is 151 Å². The van der Waals surface area contributed by atoms with Gasteiger partial charge in [0.25, 0.3) is 0 Å². The minimum absolute atomic E-state index is 0.0585. The molecule has 0 radical (unpaired) electrons. The fourth-order valence-corrected chi connectivity index (χ4v) is 13.3. The number of halogens is 1. The summed E-state index contributed by atoms with van der Waals surface area (Å²) in [5, 5.41) is 13.3. The van der Waals surface area contributed by atoms with E-state index >= 15 is 0 Å². The third kappa shape index (κ3) is 6.26. The number of Topliss-reactive ketones (excluding diaryl/α,β-unsaturated/α-hetero) is 1. The molecule has 5 aliphatic rings. The van der Waals surface area contributed by atoms with Crippen LogP contribution in [0.25, 0.3) is 0 Å². The van der Waals surface area contributed by atoms with Gasteiger partial charge in [0.2, 0.25) is 5.91 Å². The van der Waals surface area contributed by atoms with Crippen LogP contribution in [0.4, 0.5) is 0 Å². The topological polar surface area (TPSA) is 136 Å². The Morgan fingerprint density at radius 2 is 1.62 bits per heavy atom. The van der Waals surface area contributed by atoms with Gasteiger partial charge in [0.15, 0.2) is 5.78 Å². The number of benzene rings is 1. The average Bonchev–Trinajstić information content (AvgIpc) is 3.39. The summed E-state index contributed by atoms with van der Waals surface area (Å²) >= 11 is 6.44. The number of amides is 1. The van der Waals surface area contributed by atoms with Crippen LogP contribution in [0.1, 0.15) is 145 Å². The Balaban J connectivity index is 1.29. The molecule has 1 aromatic rings. The molecule has 0 spiro atoms. The molecule has 4 fully saturated rings. The normalized spacial score (nSPS) is 37.5. The van der Waals surface area contributed by atoms with E-state index in [1.807, 2.05) is 31.2 Å². The molecule has 55 heavy (non-hydrogen) atoms. The van der Waals surface area contributed by atoms with Crippen LogP contribution in [-0.4, -0.2) is 40.4 Å². The first kappa shape index (κ1) is 41.7. The number of fused-ring (bicyclic) bond motifs is 7. The van der Waals surface area contributed by atoms with E-state index in [1.54, 1.807) is 19.9 Å². The van der Waals surface area contributed by atoms with Gasteiger partial charge in [-0.15, -0.1) is 0 Å². The number of carbonyl (C=O) groups excluding carboxylic acids is 3. The first-order valence-electron chi connectivity index (χ1n) is 20.6. The van der Waals surface area contributed by atoms with E-state index in [2.05, 4.69) is 59.9 Å². The molecule has 5 aliphatic carbocycles. The zero-order valence-electron chi connectivity index (χ0n) is 34.9. The highest BCUT2D eigenvalue weighted by Crippen LogP contribution is 2.77. The van der Waals surface area contributed by atoms with Gasteiger partial charge in [0.05, 0.1) is 17.9 Å². The molecule has 1 aromatic carbocycles. The molecule has 9 heteroatoms. The largest absolute Gasteiger partial charge is 0.481 e. The first-order chi connectivity index (χ1) is 25.4. The van der Waals surface area contributed by atoms with Crippen LogP contribution in [0.5, 0.6) is 0 Å². The first-order valence-corrected chi connectivity index (χ1v) is 21.0. The zero-order valence-corrected chi connectivity index (χ0v) is 35.6. The predicted octanol–water partition coefficient (Wildman–Crippen LogP) is 9.55. The standard InChI is InChI=1S/C46H65ClN2O6/c1-27(2)37-32(50)25-45(20-18-35(51)49-28(3)29-13-11-12-14-31(29)47)23-21-42(8)30(38(37)45)15-16-33-43(42,9)22-24-46(48)41(6,7)34(17-19-44(33,46)10)55-36(52)26-40(4,5)39(53)54/h11-14,18,20,27-28,30,33-34H,15-17,19,21-26,48H2,1-10H3,(H,49,51)(H,53,54)/b20-18+/t28-,30-,33+,34+,42-,43-,44-,45+,46-/m1/s1. The predicted molar refractivity (Wildman–Crippen MR) is 216 cm³/mol. The van der Waals surface area contributed by atoms with Crippen molar-refractivity contribution in [1.82, 2.24) is 5.32 Å². The summed E-state index contributed by atoms with van der Waals surface area (Å²) in [6, 6.07) is 7.28.